The maximum absolute atomic E-state index is 11.2. The number of carbonyl (C=O) groups is 1. The highest BCUT2D eigenvalue weighted by atomic mass is 35.5. The van der Waals surface area contributed by atoms with Gasteiger partial charge in [0.1, 0.15) is 0 Å². The van der Waals surface area contributed by atoms with Crippen LogP contribution in [0.1, 0.15) is 17.3 Å². The van der Waals surface area contributed by atoms with E-state index in [1.54, 1.807) is 12.1 Å². The molecule has 0 unspecified atom stereocenters. The quantitative estimate of drug-likeness (QED) is 0.708. The van der Waals surface area contributed by atoms with Gasteiger partial charge >= 0.3 is 0 Å². The Labute approximate surface area is 108 Å². The standard InChI is InChI=1S/C12H8Cl2OS/c1-7(15)9-3-2-8(6-10(9)13)11-4-5-12(14)16-11/h2-6H,1H3. The first-order valence-corrected chi connectivity index (χ1v) is 6.21. The van der Waals surface area contributed by atoms with E-state index < -0.39 is 0 Å². The Morgan fingerprint density at radius 3 is 2.44 bits per heavy atom. The second kappa shape index (κ2) is 4.58. The van der Waals surface area contributed by atoms with Gasteiger partial charge in [0.05, 0.1) is 9.36 Å². The number of rotatable bonds is 2. The summed E-state index contributed by atoms with van der Waals surface area (Å²) >= 11 is 13.4. The number of ketones is 1. The van der Waals surface area contributed by atoms with Crippen molar-refractivity contribution in [1.82, 2.24) is 0 Å². The summed E-state index contributed by atoms with van der Waals surface area (Å²) in [5.41, 5.74) is 1.53. The summed E-state index contributed by atoms with van der Waals surface area (Å²) in [7, 11) is 0. The van der Waals surface area contributed by atoms with Gasteiger partial charge in [-0.05, 0) is 36.8 Å². The molecule has 0 bridgehead atoms. The van der Waals surface area contributed by atoms with Crippen molar-refractivity contribution in [2.24, 2.45) is 0 Å². The molecule has 82 valence electrons. The summed E-state index contributed by atoms with van der Waals surface area (Å²) in [6.07, 6.45) is 0. The van der Waals surface area contributed by atoms with Crippen LogP contribution in [0.5, 0.6) is 0 Å². The van der Waals surface area contributed by atoms with E-state index in [2.05, 4.69) is 0 Å². The maximum atomic E-state index is 11.2. The lowest BCUT2D eigenvalue weighted by Gasteiger charge is -2.02. The molecule has 0 aliphatic rings. The van der Waals surface area contributed by atoms with E-state index in [0.717, 1.165) is 14.8 Å². The van der Waals surface area contributed by atoms with Crippen molar-refractivity contribution in [2.75, 3.05) is 0 Å². The van der Waals surface area contributed by atoms with Crippen molar-refractivity contribution in [1.29, 1.82) is 0 Å². The number of carbonyl (C=O) groups excluding carboxylic acids is 1. The van der Waals surface area contributed by atoms with E-state index in [0.29, 0.717) is 10.6 Å². The smallest absolute Gasteiger partial charge is 0.161 e. The SMILES string of the molecule is CC(=O)c1ccc(-c2ccc(Cl)s2)cc1Cl. The molecule has 1 heterocycles. The van der Waals surface area contributed by atoms with Gasteiger partial charge in [0.2, 0.25) is 0 Å². The van der Waals surface area contributed by atoms with Crippen molar-refractivity contribution < 1.29 is 4.79 Å². The molecule has 2 aromatic rings. The minimum absolute atomic E-state index is 0.0271. The van der Waals surface area contributed by atoms with Crippen molar-refractivity contribution in [2.45, 2.75) is 6.92 Å². The van der Waals surface area contributed by atoms with Crippen LogP contribution < -0.4 is 0 Å². The van der Waals surface area contributed by atoms with Gasteiger partial charge in [-0.25, -0.2) is 0 Å². The molecule has 16 heavy (non-hydrogen) atoms. The first kappa shape index (κ1) is 11.6. The van der Waals surface area contributed by atoms with Crippen LogP contribution in [0.4, 0.5) is 0 Å². The molecule has 0 spiro atoms. The molecule has 1 nitrogen and oxygen atoms in total. The van der Waals surface area contributed by atoms with Gasteiger partial charge < -0.3 is 0 Å². The van der Waals surface area contributed by atoms with Gasteiger partial charge in [-0.1, -0.05) is 29.3 Å². The van der Waals surface area contributed by atoms with Crippen molar-refractivity contribution in [3.8, 4) is 10.4 Å². The van der Waals surface area contributed by atoms with Gasteiger partial charge in [0, 0.05) is 10.4 Å². The van der Waals surface area contributed by atoms with E-state index in [4.69, 9.17) is 23.2 Å². The van der Waals surface area contributed by atoms with Crippen LogP contribution in [0.15, 0.2) is 30.3 Å². The predicted molar refractivity (Wildman–Crippen MR) is 69.8 cm³/mol. The Hall–Kier alpha value is -0.830. The predicted octanol–water partition coefficient (Wildman–Crippen LogP) is 4.92. The van der Waals surface area contributed by atoms with Gasteiger partial charge in [0.25, 0.3) is 0 Å². The summed E-state index contributed by atoms with van der Waals surface area (Å²) in [6, 6.07) is 9.19. The first-order chi connectivity index (χ1) is 7.58. The summed E-state index contributed by atoms with van der Waals surface area (Å²) in [5, 5.41) is 0.481. The van der Waals surface area contributed by atoms with Crippen molar-refractivity contribution in [3.63, 3.8) is 0 Å². The third kappa shape index (κ3) is 2.29. The third-order valence-corrected chi connectivity index (χ3v) is 3.80. The highest BCUT2D eigenvalue weighted by molar-refractivity contribution is 7.19. The normalized spacial score (nSPS) is 10.4. The molecule has 0 radical (unpaired) electrons. The molecule has 0 aliphatic heterocycles. The van der Waals surface area contributed by atoms with Crippen LogP contribution >= 0.6 is 34.5 Å². The van der Waals surface area contributed by atoms with Gasteiger partial charge in [-0.2, -0.15) is 0 Å². The van der Waals surface area contributed by atoms with Gasteiger partial charge in [-0.3, -0.25) is 4.79 Å². The lowest BCUT2D eigenvalue weighted by molar-refractivity contribution is 0.101. The van der Waals surface area contributed by atoms with Gasteiger partial charge in [0.15, 0.2) is 5.78 Å². The zero-order valence-corrected chi connectivity index (χ0v) is 10.8. The topological polar surface area (TPSA) is 17.1 Å². The van der Waals surface area contributed by atoms with E-state index >= 15 is 0 Å². The summed E-state index contributed by atoms with van der Waals surface area (Å²) in [5.74, 6) is -0.0271. The summed E-state index contributed by atoms with van der Waals surface area (Å²) < 4.78 is 0.738. The van der Waals surface area contributed by atoms with Crippen molar-refractivity contribution >= 4 is 40.3 Å². The molecule has 0 saturated heterocycles. The summed E-state index contributed by atoms with van der Waals surface area (Å²) in [4.78, 5) is 12.3. The number of hydrogen-bond acceptors (Lipinski definition) is 2. The maximum Gasteiger partial charge on any atom is 0.161 e. The fourth-order valence-corrected chi connectivity index (χ4v) is 2.78. The second-order valence-electron chi connectivity index (χ2n) is 3.35. The van der Waals surface area contributed by atoms with Crippen LogP contribution in [-0.2, 0) is 0 Å². The highest BCUT2D eigenvalue weighted by Crippen LogP contribution is 2.33. The van der Waals surface area contributed by atoms with Crippen LogP contribution in [0, 0.1) is 0 Å². The molecule has 0 saturated carbocycles. The second-order valence-corrected chi connectivity index (χ2v) is 5.48. The number of Topliss-reactive ketones (excluding diaryl/α,β-unsaturated/α-hetero) is 1. The zero-order valence-electron chi connectivity index (χ0n) is 8.46. The Bertz CT molecular complexity index is 546. The lowest BCUT2D eigenvalue weighted by atomic mass is 10.1. The molecule has 1 aromatic carbocycles. The Kier molecular flexibility index (Phi) is 3.33. The van der Waals surface area contributed by atoms with Crippen LogP contribution in [0.25, 0.3) is 10.4 Å². The van der Waals surface area contributed by atoms with E-state index in [1.807, 2.05) is 18.2 Å². The monoisotopic (exact) mass is 270 g/mol. The van der Waals surface area contributed by atoms with Crippen LogP contribution in [0.3, 0.4) is 0 Å². The number of thiophene rings is 1. The Morgan fingerprint density at radius 1 is 1.19 bits per heavy atom. The molecular weight excluding hydrogens is 263 g/mol. The van der Waals surface area contributed by atoms with Crippen LogP contribution in [0.2, 0.25) is 9.36 Å². The molecule has 1 aromatic heterocycles. The zero-order chi connectivity index (χ0) is 11.7. The Morgan fingerprint density at radius 2 is 1.94 bits per heavy atom. The molecule has 2 rings (SSSR count). The molecule has 0 aliphatic carbocycles. The third-order valence-electron chi connectivity index (χ3n) is 2.21. The average Bonchev–Trinajstić information content (AvgIpc) is 2.64. The van der Waals surface area contributed by atoms with E-state index in [-0.39, 0.29) is 5.78 Å². The van der Waals surface area contributed by atoms with Crippen LogP contribution in [-0.4, -0.2) is 5.78 Å². The van der Waals surface area contributed by atoms with E-state index in [1.165, 1.54) is 18.3 Å². The lowest BCUT2D eigenvalue weighted by Crippen LogP contribution is -1.92. The Balaban J connectivity index is 2.45. The molecule has 0 atom stereocenters. The molecule has 4 heteroatoms. The summed E-state index contributed by atoms with van der Waals surface area (Å²) in [6.45, 7) is 1.50. The molecule has 0 N–H and O–H groups in total. The number of benzene rings is 1. The van der Waals surface area contributed by atoms with Gasteiger partial charge in [-0.15, -0.1) is 11.3 Å². The first-order valence-electron chi connectivity index (χ1n) is 4.64. The highest BCUT2D eigenvalue weighted by Gasteiger charge is 2.08. The molecule has 0 fully saturated rings. The largest absolute Gasteiger partial charge is 0.294 e. The minimum atomic E-state index is -0.0271. The van der Waals surface area contributed by atoms with Crippen molar-refractivity contribution in [3.05, 3.63) is 45.3 Å². The molecular formula is C12H8Cl2OS. The van der Waals surface area contributed by atoms with E-state index in [9.17, 15) is 4.79 Å². The fraction of sp³-hybridized carbons (Fsp3) is 0.0833. The fourth-order valence-electron chi connectivity index (χ4n) is 1.42. The minimum Gasteiger partial charge on any atom is -0.294 e. The molecule has 0 amide bonds. The number of hydrogen-bond donors (Lipinski definition) is 0. The number of halogens is 2. The average molecular weight is 271 g/mol.